The van der Waals surface area contributed by atoms with Crippen molar-refractivity contribution >= 4 is 49.4 Å². The summed E-state index contributed by atoms with van der Waals surface area (Å²) < 4.78 is 6.95. The van der Waals surface area contributed by atoms with E-state index in [1.54, 1.807) is 7.11 Å². The molecule has 8 heteroatoms. The van der Waals surface area contributed by atoms with Crippen LogP contribution in [-0.4, -0.2) is 41.2 Å². The second-order valence-corrected chi connectivity index (χ2v) is 13.1. The van der Waals surface area contributed by atoms with E-state index in [0.29, 0.717) is 42.6 Å². The lowest BCUT2D eigenvalue weighted by Gasteiger charge is -2.49. The number of Topliss-reactive ketones (excluding diaryl/α,β-unsaturated/α-hetero) is 2. The first-order valence-electron chi connectivity index (χ1n) is 11.8. The number of carboxylic acid groups (broad SMARTS) is 1. The fraction of sp³-hybridized carbons (Fsp3) is 0.519. The van der Waals surface area contributed by atoms with Crippen molar-refractivity contribution in [3.05, 3.63) is 49.2 Å². The number of carbonyl (C=O) groups excluding carboxylic acids is 2. The predicted molar refractivity (Wildman–Crippen MR) is 140 cm³/mol. The second-order valence-electron chi connectivity index (χ2n) is 11.3. The van der Waals surface area contributed by atoms with Crippen LogP contribution in [0.1, 0.15) is 71.3 Å². The molecule has 0 fully saturated rings. The Morgan fingerprint density at radius 2 is 1.43 bits per heavy atom. The van der Waals surface area contributed by atoms with Crippen molar-refractivity contribution < 1.29 is 24.2 Å². The van der Waals surface area contributed by atoms with Crippen LogP contribution in [0.2, 0.25) is 0 Å². The van der Waals surface area contributed by atoms with Crippen LogP contribution in [0.3, 0.4) is 0 Å². The van der Waals surface area contributed by atoms with Crippen molar-refractivity contribution in [3.8, 4) is 5.75 Å². The smallest absolute Gasteiger partial charge is 0.305 e. The SMILES string of the molecule is COc1c(Br)cc(C2C3=C(CC(C)(C)CC3=O)N(CCC(=O)O)C3=C2C(=O)CC(C)(C)C3)cc1Br. The van der Waals surface area contributed by atoms with Crippen LogP contribution in [-0.2, 0) is 14.4 Å². The third kappa shape index (κ3) is 4.88. The van der Waals surface area contributed by atoms with Crippen LogP contribution in [0.25, 0.3) is 0 Å². The topological polar surface area (TPSA) is 83.9 Å². The van der Waals surface area contributed by atoms with Gasteiger partial charge in [-0.05, 0) is 73.2 Å². The average Bonchev–Trinajstić information content (AvgIpc) is 2.69. The highest BCUT2D eigenvalue weighted by molar-refractivity contribution is 9.11. The zero-order chi connectivity index (χ0) is 25.9. The highest BCUT2D eigenvalue weighted by atomic mass is 79.9. The van der Waals surface area contributed by atoms with Gasteiger partial charge in [0.15, 0.2) is 11.6 Å². The summed E-state index contributed by atoms with van der Waals surface area (Å²) in [4.78, 5) is 41.0. The van der Waals surface area contributed by atoms with Gasteiger partial charge in [0, 0.05) is 47.8 Å². The monoisotopic (exact) mass is 607 g/mol. The molecule has 1 N–H and O–H groups in total. The van der Waals surface area contributed by atoms with Gasteiger partial charge in [-0.25, -0.2) is 0 Å². The molecule has 0 unspecified atom stereocenters. The lowest BCUT2D eigenvalue weighted by atomic mass is 9.63. The lowest BCUT2D eigenvalue weighted by Crippen LogP contribution is -2.45. The van der Waals surface area contributed by atoms with E-state index in [1.165, 1.54) is 0 Å². The Kier molecular flexibility index (Phi) is 6.86. The van der Waals surface area contributed by atoms with Crippen LogP contribution >= 0.6 is 31.9 Å². The number of allylic oxidation sites excluding steroid dienone is 4. The number of carboxylic acids is 1. The average molecular weight is 609 g/mol. The molecular weight excluding hydrogens is 578 g/mol. The van der Waals surface area contributed by atoms with Gasteiger partial charge in [-0.3, -0.25) is 14.4 Å². The van der Waals surface area contributed by atoms with Crippen LogP contribution in [0.4, 0.5) is 0 Å². The standard InChI is InChI=1S/C27H31Br2NO5/c1-26(2)10-17-23(19(31)12-26)22(14-8-15(28)25(35-5)16(29)9-14)24-18(30(17)7-6-21(33)34)11-27(3,4)13-20(24)32/h8-9,22H,6-7,10-13H2,1-5H3,(H,33,34). The molecule has 2 aliphatic carbocycles. The van der Waals surface area contributed by atoms with E-state index in [9.17, 15) is 19.5 Å². The number of nitrogens with zero attached hydrogens (tertiary/aromatic N) is 1. The molecule has 1 aliphatic heterocycles. The van der Waals surface area contributed by atoms with Gasteiger partial charge in [0.25, 0.3) is 0 Å². The molecule has 0 saturated carbocycles. The molecule has 4 rings (SSSR count). The fourth-order valence-corrected chi connectivity index (χ4v) is 7.35. The molecule has 0 saturated heterocycles. The van der Waals surface area contributed by atoms with Gasteiger partial charge in [-0.15, -0.1) is 0 Å². The van der Waals surface area contributed by atoms with Gasteiger partial charge in [0.2, 0.25) is 0 Å². The number of hydrogen-bond acceptors (Lipinski definition) is 5. The molecule has 188 valence electrons. The molecule has 0 aromatic heterocycles. The van der Waals surface area contributed by atoms with Gasteiger partial charge < -0.3 is 14.7 Å². The molecular formula is C27H31Br2NO5. The van der Waals surface area contributed by atoms with Gasteiger partial charge in [-0.2, -0.15) is 0 Å². The third-order valence-corrected chi connectivity index (χ3v) is 8.31. The summed E-state index contributed by atoms with van der Waals surface area (Å²) in [5.41, 5.74) is 3.32. The molecule has 0 spiro atoms. The number of aliphatic carboxylic acids is 1. The van der Waals surface area contributed by atoms with Crippen molar-refractivity contribution in [2.45, 2.75) is 65.7 Å². The van der Waals surface area contributed by atoms with Crippen LogP contribution < -0.4 is 4.74 Å². The summed E-state index contributed by atoms with van der Waals surface area (Å²) in [6.07, 6.45) is 2.00. The molecule has 6 nitrogen and oxygen atoms in total. The number of methoxy groups -OCH3 is 1. The Hall–Kier alpha value is -1.93. The largest absolute Gasteiger partial charge is 0.494 e. The molecule has 1 aromatic rings. The highest BCUT2D eigenvalue weighted by Gasteiger charge is 2.49. The number of rotatable bonds is 5. The third-order valence-electron chi connectivity index (χ3n) is 7.13. The number of benzene rings is 1. The summed E-state index contributed by atoms with van der Waals surface area (Å²) in [5.74, 6) is -0.708. The first-order chi connectivity index (χ1) is 16.2. The second kappa shape index (κ2) is 9.18. The van der Waals surface area contributed by atoms with Crippen LogP contribution in [0.15, 0.2) is 43.6 Å². The van der Waals surface area contributed by atoms with Crippen molar-refractivity contribution in [1.29, 1.82) is 0 Å². The van der Waals surface area contributed by atoms with E-state index >= 15 is 0 Å². The Morgan fingerprint density at radius 3 is 1.83 bits per heavy atom. The van der Waals surface area contributed by atoms with E-state index in [0.717, 1.165) is 25.9 Å². The van der Waals surface area contributed by atoms with Crippen molar-refractivity contribution in [3.63, 3.8) is 0 Å². The van der Waals surface area contributed by atoms with Crippen LogP contribution in [0, 0.1) is 10.8 Å². The molecule has 0 atom stereocenters. The number of carbonyl (C=O) groups is 3. The van der Waals surface area contributed by atoms with Gasteiger partial charge in [0.1, 0.15) is 5.75 Å². The normalized spacial score (nSPS) is 21.7. The number of halogens is 2. The van der Waals surface area contributed by atoms with Gasteiger partial charge in [-0.1, -0.05) is 27.7 Å². The van der Waals surface area contributed by atoms with E-state index in [2.05, 4.69) is 59.6 Å². The predicted octanol–water partition coefficient (Wildman–Crippen LogP) is 6.38. The minimum absolute atomic E-state index is 0.0221. The maximum atomic E-state index is 13.7. The minimum Gasteiger partial charge on any atom is -0.494 e. The van der Waals surface area contributed by atoms with E-state index in [4.69, 9.17) is 4.74 Å². The summed E-state index contributed by atoms with van der Waals surface area (Å²) in [5, 5.41) is 9.47. The Balaban J connectivity index is 2.01. The summed E-state index contributed by atoms with van der Waals surface area (Å²) in [6, 6.07) is 3.85. The fourth-order valence-electron chi connectivity index (χ4n) is 5.80. The first-order valence-corrected chi connectivity index (χ1v) is 13.4. The Bertz CT molecular complexity index is 1120. The molecule has 3 aliphatic rings. The highest BCUT2D eigenvalue weighted by Crippen LogP contribution is 2.55. The van der Waals surface area contributed by atoms with Gasteiger partial charge in [0.05, 0.1) is 22.5 Å². The Morgan fingerprint density at radius 1 is 0.971 bits per heavy atom. The number of ketones is 2. The molecule has 1 heterocycles. The molecule has 0 bridgehead atoms. The van der Waals surface area contributed by atoms with Crippen molar-refractivity contribution in [2.75, 3.05) is 13.7 Å². The summed E-state index contributed by atoms with van der Waals surface area (Å²) in [6.45, 7) is 8.51. The van der Waals surface area contributed by atoms with Crippen molar-refractivity contribution in [2.24, 2.45) is 10.8 Å². The maximum absolute atomic E-state index is 13.7. The lowest BCUT2D eigenvalue weighted by molar-refractivity contribution is -0.137. The van der Waals surface area contributed by atoms with E-state index < -0.39 is 11.9 Å². The van der Waals surface area contributed by atoms with Crippen LogP contribution in [0.5, 0.6) is 5.75 Å². The number of ether oxygens (including phenoxy) is 1. The first kappa shape index (κ1) is 26.1. The Labute approximate surface area is 223 Å². The van der Waals surface area contributed by atoms with Crippen molar-refractivity contribution in [1.82, 2.24) is 4.90 Å². The maximum Gasteiger partial charge on any atom is 0.305 e. The molecule has 0 radical (unpaired) electrons. The van der Waals surface area contributed by atoms with Gasteiger partial charge >= 0.3 is 5.97 Å². The molecule has 0 amide bonds. The minimum atomic E-state index is -0.901. The molecule has 1 aromatic carbocycles. The number of hydrogen-bond donors (Lipinski definition) is 1. The zero-order valence-corrected chi connectivity index (χ0v) is 23.9. The molecule has 35 heavy (non-hydrogen) atoms. The summed E-state index contributed by atoms with van der Waals surface area (Å²) >= 11 is 7.17. The van der Waals surface area contributed by atoms with E-state index in [-0.39, 0.29) is 35.4 Å². The summed E-state index contributed by atoms with van der Waals surface area (Å²) in [7, 11) is 1.59. The quantitative estimate of drug-likeness (QED) is 0.417. The zero-order valence-electron chi connectivity index (χ0n) is 20.8. The van der Waals surface area contributed by atoms with E-state index in [1.807, 2.05) is 17.0 Å².